The fraction of sp³-hybridized carbons (Fsp3) is 0.278. The smallest absolute Gasteiger partial charge is 0.260 e. The monoisotopic (exact) mass is 335 g/mol. The quantitative estimate of drug-likeness (QED) is 0.796. The van der Waals surface area contributed by atoms with Gasteiger partial charge in [0.2, 0.25) is 0 Å². The Bertz CT molecular complexity index is 673. The van der Waals surface area contributed by atoms with Crippen molar-refractivity contribution >= 4 is 17.5 Å². The first kappa shape index (κ1) is 17.3. The van der Waals surface area contributed by atoms with Gasteiger partial charge < -0.3 is 9.64 Å². The Labute approximate surface area is 140 Å². The maximum atomic E-state index is 12.9. The summed E-state index contributed by atoms with van der Waals surface area (Å²) in [6.07, 6.45) is 0.800. The van der Waals surface area contributed by atoms with Crippen molar-refractivity contribution in [3.8, 4) is 5.75 Å². The fourth-order valence-electron chi connectivity index (χ4n) is 2.12. The lowest BCUT2D eigenvalue weighted by Gasteiger charge is -2.18. The summed E-state index contributed by atoms with van der Waals surface area (Å²) in [6, 6.07) is 11.4. The van der Waals surface area contributed by atoms with Gasteiger partial charge in [-0.1, -0.05) is 30.7 Å². The average molecular weight is 336 g/mol. The van der Waals surface area contributed by atoms with Gasteiger partial charge in [0.15, 0.2) is 6.61 Å². The molecule has 0 aliphatic carbocycles. The van der Waals surface area contributed by atoms with E-state index in [1.807, 2.05) is 13.0 Å². The van der Waals surface area contributed by atoms with Gasteiger partial charge in [0, 0.05) is 18.6 Å². The third-order valence-electron chi connectivity index (χ3n) is 3.52. The van der Waals surface area contributed by atoms with E-state index in [4.69, 9.17) is 16.3 Å². The molecular weight excluding hydrogens is 317 g/mol. The predicted octanol–water partition coefficient (Wildman–Crippen LogP) is 4.08. The molecule has 5 heteroatoms. The molecule has 0 spiro atoms. The number of likely N-dealkylation sites (N-methyl/N-ethyl adjacent to an activating group) is 1. The molecule has 0 N–H and O–H groups in total. The molecule has 0 aromatic heterocycles. The van der Waals surface area contributed by atoms with Crippen molar-refractivity contribution in [2.45, 2.75) is 19.9 Å². The SMILES string of the molecule is CCc1cc(OCC(=O)N(C)Cc2ccc(F)cc2)ccc1Cl. The summed E-state index contributed by atoms with van der Waals surface area (Å²) in [5.41, 5.74) is 1.85. The molecule has 3 nitrogen and oxygen atoms in total. The van der Waals surface area contributed by atoms with Gasteiger partial charge in [0.1, 0.15) is 11.6 Å². The number of halogens is 2. The Hall–Kier alpha value is -2.07. The van der Waals surface area contributed by atoms with Crippen LogP contribution < -0.4 is 4.74 Å². The molecule has 122 valence electrons. The lowest BCUT2D eigenvalue weighted by molar-refractivity contribution is -0.132. The Kier molecular flexibility index (Phi) is 5.99. The first-order chi connectivity index (χ1) is 11.0. The number of benzene rings is 2. The number of ether oxygens (including phenoxy) is 1. The van der Waals surface area contributed by atoms with Gasteiger partial charge in [0.25, 0.3) is 5.91 Å². The standard InChI is InChI=1S/C18H19ClFNO2/c1-3-14-10-16(8-9-17(14)19)23-12-18(22)21(2)11-13-4-6-15(20)7-5-13/h4-10H,3,11-12H2,1-2H3. The number of nitrogens with zero attached hydrogens (tertiary/aromatic N) is 1. The second kappa shape index (κ2) is 7.97. The van der Waals surface area contributed by atoms with Crippen LogP contribution in [0.5, 0.6) is 5.75 Å². The van der Waals surface area contributed by atoms with Gasteiger partial charge in [0.05, 0.1) is 0 Å². The normalized spacial score (nSPS) is 10.4. The minimum atomic E-state index is -0.291. The van der Waals surface area contributed by atoms with Crippen molar-refractivity contribution in [2.75, 3.05) is 13.7 Å². The molecule has 23 heavy (non-hydrogen) atoms. The summed E-state index contributed by atoms with van der Waals surface area (Å²) in [6.45, 7) is 2.36. The van der Waals surface area contributed by atoms with Crippen LogP contribution in [0.4, 0.5) is 4.39 Å². The molecule has 0 atom stereocenters. The number of amides is 1. The first-order valence-electron chi connectivity index (χ1n) is 7.39. The van der Waals surface area contributed by atoms with Crippen LogP contribution in [-0.4, -0.2) is 24.5 Å². The summed E-state index contributed by atoms with van der Waals surface area (Å²) in [7, 11) is 1.69. The van der Waals surface area contributed by atoms with Crippen LogP contribution in [0, 0.1) is 5.82 Å². The van der Waals surface area contributed by atoms with Crippen LogP contribution in [0.25, 0.3) is 0 Å². The second-order valence-electron chi connectivity index (χ2n) is 5.27. The van der Waals surface area contributed by atoms with Gasteiger partial charge >= 0.3 is 0 Å². The van der Waals surface area contributed by atoms with Gasteiger partial charge in [-0.05, 0) is 47.9 Å². The van der Waals surface area contributed by atoms with E-state index in [-0.39, 0.29) is 18.3 Å². The minimum Gasteiger partial charge on any atom is -0.484 e. The molecule has 0 heterocycles. The lowest BCUT2D eigenvalue weighted by atomic mass is 10.1. The molecular formula is C18H19ClFNO2. The predicted molar refractivity (Wildman–Crippen MR) is 89.2 cm³/mol. The zero-order chi connectivity index (χ0) is 16.8. The highest BCUT2D eigenvalue weighted by atomic mass is 35.5. The Balaban J connectivity index is 1.89. The molecule has 0 saturated heterocycles. The molecule has 0 bridgehead atoms. The number of carbonyl (C=O) groups excluding carboxylic acids is 1. The highest BCUT2D eigenvalue weighted by molar-refractivity contribution is 6.31. The summed E-state index contributed by atoms with van der Waals surface area (Å²) >= 11 is 6.05. The van der Waals surface area contributed by atoms with Crippen LogP contribution in [-0.2, 0) is 17.8 Å². The van der Waals surface area contributed by atoms with Gasteiger partial charge in [-0.3, -0.25) is 4.79 Å². The zero-order valence-corrected chi connectivity index (χ0v) is 13.9. The van der Waals surface area contributed by atoms with Gasteiger partial charge in [-0.15, -0.1) is 0 Å². The summed E-state index contributed by atoms with van der Waals surface area (Å²) in [5.74, 6) is 0.178. The van der Waals surface area contributed by atoms with Gasteiger partial charge in [-0.2, -0.15) is 0 Å². The molecule has 1 amide bonds. The van der Waals surface area contributed by atoms with E-state index in [9.17, 15) is 9.18 Å². The molecule has 0 radical (unpaired) electrons. The Morgan fingerprint density at radius 1 is 1.22 bits per heavy atom. The lowest BCUT2D eigenvalue weighted by Crippen LogP contribution is -2.30. The van der Waals surface area contributed by atoms with Crippen LogP contribution in [0.1, 0.15) is 18.1 Å². The van der Waals surface area contributed by atoms with E-state index in [1.54, 1.807) is 36.2 Å². The van der Waals surface area contributed by atoms with Gasteiger partial charge in [-0.25, -0.2) is 4.39 Å². The van der Waals surface area contributed by atoms with Crippen molar-refractivity contribution in [1.82, 2.24) is 4.90 Å². The van der Waals surface area contributed by atoms with Crippen molar-refractivity contribution in [2.24, 2.45) is 0 Å². The van der Waals surface area contributed by atoms with Crippen LogP contribution in [0.3, 0.4) is 0 Å². The fourth-order valence-corrected chi connectivity index (χ4v) is 2.37. The first-order valence-corrected chi connectivity index (χ1v) is 7.77. The van der Waals surface area contributed by atoms with E-state index in [0.29, 0.717) is 17.3 Å². The zero-order valence-electron chi connectivity index (χ0n) is 13.2. The van der Waals surface area contributed by atoms with Crippen LogP contribution >= 0.6 is 11.6 Å². The van der Waals surface area contributed by atoms with Crippen molar-refractivity contribution in [3.05, 3.63) is 64.4 Å². The number of aryl methyl sites for hydroxylation is 1. The molecule has 0 saturated carbocycles. The van der Waals surface area contributed by atoms with E-state index in [1.165, 1.54) is 12.1 Å². The highest BCUT2D eigenvalue weighted by Crippen LogP contribution is 2.22. The van der Waals surface area contributed by atoms with E-state index < -0.39 is 0 Å². The van der Waals surface area contributed by atoms with Crippen LogP contribution in [0.2, 0.25) is 5.02 Å². The summed E-state index contributed by atoms with van der Waals surface area (Å²) < 4.78 is 18.4. The van der Waals surface area contributed by atoms with Crippen molar-refractivity contribution in [3.63, 3.8) is 0 Å². The Morgan fingerprint density at radius 3 is 2.57 bits per heavy atom. The highest BCUT2D eigenvalue weighted by Gasteiger charge is 2.11. The number of hydrogen-bond acceptors (Lipinski definition) is 2. The third kappa shape index (κ3) is 4.96. The summed E-state index contributed by atoms with van der Waals surface area (Å²) in [4.78, 5) is 13.7. The average Bonchev–Trinajstić information content (AvgIpc) is 2.55. The van der Waals surface area contributed by atoms with Crippen molar-refractivity contribution < 1.29 is 13.9 Å². The molecule has 2 rings (SSSR count). The molecule has 2 aromatic carbocycles. The van der Waals surface area contributed by atoms with Crippen molar-refractivity contribution in [1.29, 1.82) is 0 Å². The maximum absolute atomic E-state index is 12.9. The number of carbonyl (C=O) groups is 1. The number of rotatable bonds is 6. The minimum absolute atomic E-state index is 0.0531. The topological polar surface area (TPSA) is 29.5 Å². The molecule has 0 unspecified atom stereocenters. The molecule has 0 aliphatic heterocycles. The molecule has 2 aromatic rings. The maximum Gasteiger partial charge on any atom is 0.260 e. The molecule has 0 fully saturated rings. The third-order valence-corrected chi connectivity index (χ3v) is 3.89. The van der Waals surface area contributed by atoms with Crippen LogP contribution in [0.15, 0.2) is 42.5 Å². The van der Waals surface area contributed by atoms with E-state index in [2.05, 4.69) is 0 Å². The summed E-state index contributed by atoms with van der Waals surface area (Å²) in [5, 5.41) is 0.694. The second-order valence-corrected chi connectivity index (χ2v) is 5.68. The molecule has 0 aliphatic rings. The largest absolute Gasteiger partial charge is 0.484 e. The van der Waals surface area contributed by atoms with E-state index in [0.717, 1.165) is 17.5 Å². The number of hydrogen-bond donors (Lipinski definition) is 0. The Morgan fingerprint density at radius 2 is 1.91 bits per heavy atom. The van der Waals surface area contributed by atoms with E-state index >= 15 is 0 Å².